The van der Waals surface area contributed by atoms with Crippen molar-refractivity contribution in [2.45, 2.75) is 20.8 Å². The highest BCUT2D eigenvalue weighted by molar-refractivity contribution is 5.71. The highest BCUT2D eigenvalue weighted by Gasteiger charge is 2.14. The number of nitrogens with zero attached hydrogens (tertiary/aromatic N) is 2. The monoisotopic (exact) mass is 198 g/mol. The summed E-state index contributed by atoms with van der Waals surface area (Å²) in [6.45, 7) is 6.19. The number of hydrogen-bond acceptors (Lipinski definition) is 4. The summed E-state index contributed by atoms with van der Waals surface area (Å²) in [5.74, 6) is 0.420. The topological polar surface area (TPSA) is 53.4 Å². The van der Waals surface area contributed by atoms with Crippen molar-refractivity contribution < 1.29 is 14.3 Å². The van der Waals surface area contributed by atoms with Crippen molar-refractivity contribution in [3.8, 4) is 5.88 Å². The van der Waals surface area contributed by atoms with Crippen LogP contribution >= 0.6 is 0 Å². The summed E-state index contributed by atoms with van der Waals surface area (Å²) in [5.41, 5.74) is 0.724. The second kappa shape index (κ2) is 4.64. The van der Waals surface area contributed by atoms with Crippen molar-refractivity contribution in [2.24, 2.45) is 0 Å². The van der Waals surface area contributed by atoms with Crippen molar-refractivity contribution in [1.82, 2.24) is 9.78 Å². The molecule has 1 rings (SSSR count). The third-order valence-corrected chi connectivity index (χ3v) is 1.53. The van der Waals surface area contributed by atoms with E-state index in [2.05, 4.69) is 5.10 Å². The van der Waals surface area contributed by atoms with Gasteiger partial charge in [0.25, 0.3) is 0 Å². The number of carbonyl (C=O) groups excluding carboxylic acids is 1. The Morgan fingerprint density at radius 3 is 2.79 bits per heavy atom. The molecule has 0 amide bonds. The Morgan fingerprint density at radius 1 is 1.50 bits per heavy atom. The molecule has 0 radical (unpaired) electrons. The number of ether oxygens (including phenoxy) is 2. The fraction of sp³-hybridized carbons (Fsp3) is 0.556. The molecule has 0 unspecified atom stereocenters. The summed E-state index contributed by atoms with van der Waals surface area (Å²) in [6.07, 6.45) is -0.510. The molecule has 0 N–H and O–H groups in total. The maximum Gasteiger partial charge on any atom is 0.437 e. The van der Waals surface area contributed by atoms with E-state index in [0.717, 1.165) is 10.4 Å². The second-order valence-corrected chi connectivity index (χ2v) is 2.67. The fourth-order valence-electron chi connectivity index (χ4n) is 1.04. The minimum Gasteiger partial charge on any atom is -0.478 e. The molecule has 0 aliphatic heterocycles. The molecular weight excluding hydrogens is 184 g/mol. The van der Waals surface area contributed by atoms with Crippen molar-refractivity contribution in [2.75, 3.05) is 13.2 Å². The Labute approximate surface area is 82.6 Å². The molecule has 1 aromatic heterocycles. The molecule has 14 heavy (non-hydrogen) atoms. The van der Waals surface area contributed by atoms with Crippen LogP contribution in [0.1, 0.15) is 19.5 Å². The molecule has 5 nitrogen and oxygen atoms in total. The lowest BCUT2D eigenvalue weighted by Gasteiger charge is -2.05. The maximum absolute atomic E-state index is 11.4. The Morgan fingerprint density at radius 2 is 2.21 bits per heavy atom. The summed E-state index contributed by atoms with van der Waals surface area (Å²) in [7, 11) is 0. The summed E-state index contributed by atoms with van der Waals surface area (Å²) in [6, 6.07) is 1.69. The molecule has 0 spiro atoms. The third kappa shape index (κ3) is 2.25. The van der Waals surface area contributed by atoms with Gasteiger partial charge in [0, 0.05) is 6.07 Å². The predicted molar refractivity (Wildman–Crippen MR) is 50.6 cm³/mol. The van der Waals surface area contributed by atoms with Gasteiger partial charge in [-0.1, -0.05) is 0 Å². The van der Waals surface area contributed by atoms with E-state index in [-0.39, 0.29) is 0 Å². The van der Waals surface area contributed by atoms with E-state index in [4.69, 9.17) is 9.47 Å². The van der Waals surface area contributed by atoms with E-state index in [1.54, 1.807) is 19.9 Å². The molecule has 0 fully saturated rings. The molecule has 0 bridgehead atoms. The smallest absolute Gasteiger partial charge is 0.437 e. The lowest BCUT2D eigenvalue weighted by atomic mass is 10.5. The van der Waals surface area contributed by atoms with Crippen LogP contribution in [0.25, 0.3) is 0 Å². The zero-order valence-electron chi connectivity index (χ0n) is 8.61. The van der Waals surface area contributed by atoms with Gasteiger partial charge in [0.15, 0.2) is 0 Å². The van der Waals surface area contributed by atoms with Crippen molar-refractivity contribution in [1.29, 1.82) is 0 Å². The number of rotatable bonds is 3. The molecule has 0 atom stereocenters. The van der Waals surface area contributed by atoms with Gasteiger partial charge in [-0.3, -0.25) is 0 Å². The zero-order chi connectivity index (χ0) is 10.6. The van der Waals surface area contributed by atoms with Gasteiger partial charge < -0.3 is 9.47 Å². The Balaban J connectivity index is 2.88. The molecule has 0 saturated heterocycles. The Bertz CT molecular complexity index is 320. The summed E-state index contributed by atoms with van der Waals surface area (Å²) >= 11 is 0. The number of aryl methyl sites for hydroxylation is 1. The minimum atomic E-state index is -0.510. The molecule has 78 valence electrons. The fourth-order valence-corrected chi connectivity index (χ4v) is 1.04. The molecule has 0 aliphatic rings. The molecule has 0 aromatic carbocycles. The van der Waals surface area contributed by atoms with Crippen LogP contribution in [0.2, 0.25) is 0 Å². The van der Waals surface area contributed by atoms with Gasteiger partial charge in [-0.2, -0.15) is 5.10 Å². The maximum atomic E-state index is 11.4. The lowest BCUT2D eigenvalue weighted by Crippen LogP contribution is -2.16. The minimum absolute atomic E-state index is 0.323. The van der Waals surface area contributed by atoms with Crippen LogP contribution < -0.4 is 4.74 Å². The highest BCUT2D eigenvalue weighted by Crippen LogP contribution is 2.13. The largest absolute Gasteiger partial charge is 0.478 e. The standard InChI is InChI=1S/C9H14N2O3/c1-4-13-8-6-7(3)10-11(8)9(12)14-5-2/h6H,4-5H2,1-3H3. The normalized spacial score (nSPS) is 9.93. The van der Waals surface area contributed by atoms with Crippen molar-refractivity contribution in [3.63, 3.8) is 0 Å². The van der Waals surface area contributed by atoms with Crippen molar-refractivity contribution >= 4 is 6.09 Å². The van der Waals surface area contributed by atoms with Gasteiger partial charge in [0.2, 0.25) is 5.88 Å². The SMILES string of the molecule is CCOC(=O)n1nc(C)cc1OCC. The van der Waals surface area contributed by atoms with E-state index >= 15 is 0 Å². The number of carbonyl (C=O) groups is 1. The Kier molecular flexibility index (Phi) is 3.50. The average Bonchev–Trinajstić information content (AvgIpc) is 2.48. The first-order valence-corrected chi connectivity index (χ1v) is 4.55. The van der Waals surface area contributed by atoms with Crippen molar-refractivity contribution in [3.05, 3.63) is 11.8 Å². The molecular formula is C9H14N2O3. The highest BCUT2D eigenvalue weighted by atomic mass is 16.6. The van der Waals surface area contributed by atoms with Gasteiger partial charge in [0.05, 0.1) is 18.9 Å². The summed E-state index contributed by atoms with van der Waals surface area (Å²) < 4.78 is 11.2. The molecule has 1 heterocycles. The van der Waals surface area contributed by atoms with Crippen LogP contribution in [0.5, 0.6) is 5.88 Å². The van der Waals surface area contributed by atoms with E-state index in [9.17, 15) is 4.79 Å². The van der Waals surface area contributed by atoms with Crippen LogP contribution in [-0.4, -0.2) is 29.1 Å². The molecule has 0 saturated carbocycles. The van der Waals surface area contributed by atoms with E-state index in [1.807, 2.05) is 6.92 Å². The second-order valence-electron chi connectivity index (χ2n) is 2.67. The third-order valence-electron chi connectivity index (χ3n) is 1.53. The van der Waals surface area contributed by atoms with E-state index in [1.165, 1.54) is 0 Å². The Hall–Kier alpha value is -1.52. The molecule has 0 aliphatic carbocycles. The first-order valence-electron chi connectivity index (χ1n) is 4.55. The van der Waals surface area contributed by atoms with Crippen LogP contribution in [0.3, 0.4) is 0 Å². The first kappa shape index (κ1) is 10.6. The van der Waals surface area contributed by atoms with Gasteiger partial charge in [-0.25, -0.2) is 4.79 Å². The molecule has 1 aromatic rings. The molecule has 5 heteroatoms. The number of hydrogen-bond donors (Lipinski definition) is 0. The van der Waals surface area contributed by atoms with Gasteiger partial charge in [-0.05, 0) is 20.8 Å². The zero-order valence-corrected chi connectivity index (χ0v) is 8.61. The quantitative estimate of drug-likeness (QED) is 0.740. The van der Waals surface area contributed by atoms with Crippen LogP contribution in [0.4, 0.5) is 4.79 Å². The van der Waals surface area contributed by atoms with Crippen LogP contribution in [0.15, 0.2) is 6.07 Å². The van der Waals surface area contributed by atoms with Crippen LogP contribution in [0, 0.1) is 6.92 Å². The number of aromatic nitrogens is 2. The first-order chi connectivity index (χ1) is 6.69. The van der Waals surface area contributed by atoms with Gasteiger partial charge in [0.1, 0.15) is 0 Å². The van der Waals surface area contributed by atoms with Gasteiger partial charge >= 0.3 is 6.09 Å². The average molecular weight is 198 g/mol. The van der Waals surface area contributed by atoms with Gasteiger partial charge in [-0.15, -0.1) is 4.68 Å². The summed E-state index contributed by atoms with van der Waals surface area (Å²) in [5, 5.41) is 3.96. The predicted octanol–water partition coefficient (Wildman–Crippen LogP) is 1.59. The van der Waals surface area contributed by atoms with E-state index in [0.29, 0.717) is 19.1 Å². The summed E-state index contributed by atoms with van der Waals surface area (Å²) in [4.78, 5) is 11.4. The lowest BCUT2D eigenvalue weighted by molar-refractivity contribution is 0.145. The van der Waals surface area contributed by atoms with Crippen LogP contribution in [-0.2, 0) is 4.74 Å². The van der Waals surface area contributed by atoms with E-state index < -0.39 is 6.09 Å².